The Hall–Kier alpha value is -0.200. The first-order chi connectivity index (χ1) is 5.06. The monoisotopic (exact) mass is 165 g/mol. The number of aliphatic hydroxyl groups is 4. The van der Waals surface area contributed by atoms with Crippen LogP contribution in [0.3, 0.4) is 0 Å². The second kappa shape index (κ2) is 5.45. The molecular formula is C6H15NO4. The molecule has 0 aliphatic heterocycles. The molecule has 0 aromatic heterocycles. The summed E-state index contributed by atoms with van der Waals surface area (Å²) in [5.74, 6) is 0. The van der Waals surface area contributed by atoms with E-state index >= 15 is 0 Å². The third-order valence-electron chi connectivity index (χ3n) is 1.21. The Labute approximate surface area is 65.5 Å². The van der Waals surface area contributed by atoms with Crippen molar-refractivity contribution >= 4 is 0 Å². The van der Waals surface area contributed by atoms with Gasteiger partial charge < -0.3 is 20.4 Å². The molecule has 4 N–H and O–H groups in total. The molecule has 0 bridgehead atoms. The van der Waals surface area contributed by atoms with Crippen molar-refractivity contribution in [1.82, 2.24) is 4.90 Å². The van der Waals surface area contributed by atoms with Gasteiger partial charge in [-0.15, -0.1) is 0 Å². The number of hydrogen-bond donors (Lipinski definition) is 4. The average Bonchev–Trinajstić information content (AvgIpc) is 1.85. The summed E-state index contributed by atoms with van der Waals surface area (Å²) in [5, 5.41) is 34.3. The fourth-order valence-corrected chi connectivity index (χ4v) is 0.771. The molecule has 0 aromatic carbocycles. The van der Waals surface area contributed by atoms with E-state index in [9.17, 15) is 0 Å². The lowest BCUT2D eigenvalue weighted by Crippen LogP contribution is -2.36. The van der Waals surface area contributed by atoms with Crippen LogP contribution in [-0.4, -0.2) is 64.5 Å². The van der Waals surface area contributed by atoms with Crippen molar-refractivity contribution in [3.63, 3.8) is 0 Å². The number of likely N-dealkylation sites (N-methyl/N-ethyl adjacent to an activating group) is 1. The van der Waals surface area contributed by atoms with Crippen molar-refractivity contribution < 1.29 is 20.4 Å². The van der Waals surface area contributed by atoms with Gasteiger partial charge in [0.1, 0.15) is 0 Å². The highest BCUT2D eigenvalue weighted by Gasteiger charge is 2.08. The maximum Gasteiger partial charge on any atom is 0.164 e. The Balaban J connectivity index is 3.43. The number of nitrogens with zero attached hydrogens (tertiary/aromatic N) is 1. The van der Waals surface area contributed by atoms with Crippen molar-refractivity contribution in [3.05, 3.63) is 0 Å². The van der Waals surface area contributed by atoms with Crippen LogP contribution in [0.2, 0.25) is 0 Å². The molecule has 0 aliphatic rings. The van der Waals surface area contributed by atoms with Gasteiger partial charge in [-0.05, 0) is 7.05 Å². The van der Waals surface area contributed by atoms with Crippen LogP contribution in [0.5, 0.6) is 0 Å². The first-order valence-corrected chi connectivity index (χ1v) is 3.40. The van der Waals surface area contributed by atoms with Crippen LogP contribution in [0.4, 0.5) is 0 Å². The first-order valence-electron chi connectivity index (χ1n) is 3.40. The van der Waals surface area contributed by atoms with E-state index in [4.69, 9.17) is 20.4 Å². The highest BCUT2D eigenvalue weighted by molar-refractivity contribution is 4.59. The molecule has 0 radical (unpaired) electrons. The molecule has 5 nitrogen and oxygen atoms in total. The Morgan fingerprint density at radius 1 is 1.18 bits per heavy atom. The van der Waals surface area contributed by atoms with Crippen molar-refractivity contribution in [2.24, 2.45) is 0 Å². The maximum absolute atomic E-state index is 8.89. The van der Waals surface area contributed by atoms with Crippen LogP contribution in [-0.2, 0) is 0 Å². The molecule has 0 aromatic rings. The maximum atomic E-state index is 8.89. The first kappa shape index (κ1) is 10.8. The minimum Gasteiger partial charge on any atom is -0.394 e. The molecule has 0 fully saturated rings. The van der Waals surface area contributed by atoms with Gasteiger partial charge in [-0.25, -0.2) is 0 Å². The summed E-state index contributed by atoms with van der Waals surface area (Å²) in [6.45, 7) is -0.0168. The third-order valence-corrected chi connectivity index (χ3v) is 1.21. The summed E-state index contributed by atoms with van der Waals surface area (Å²) in [4.78, 5) is 1.52. The van der Waals surface area contributed by atoms with E-state index in [-0.39, 0.29) is 19.7 Å². The predicted octanol–water partition coefficient (Wildman–Crippen LogP) is -2.42. The summed E-state index contributed by atoms with van der Waals surface area (Å²) < 4.78 is 0. The topological polar surface area (TPSA) is 84.2 Å². The number of hydrogen-bond acceptors (Lipinski definition) is 5. The Morgan fingerprint density at radius 3 is 2.09 bits per heavy atom. The van der Waals surface area contributed by atoms with E-state index in [1.807, 2.05) is 0 Å². The van der Waals surface area contributed by atoms with Crippen molar-refractivity contribution in [3.8, 4) is 0 Å². The van der Waals surface area contributed by atoms with Gasteiger partial charge in [-0.2, -0.15) is 0 Å². The summed E-state index contributed by atoms with van der Waals surface area (Å²) in [5.41, 5.74) is 0. The quantitative estimate of drug-likeness (QED) is 0.341. The smallest absolute Gasteiger partial charge is 0.164 e. The van der Waals surface area contributed by atoms with Crippen molar-refractivity contribution in [2.75, 3.05) is 26.7 Å². The van der Waals surface area contributed by atoms with Crippen LogP contribution >= 0.6 is 0 Å². The molecule has 0 saturated carbocycles. The number of aliphatic hydroxyl groups excluding tert-OH is 3. The van der Waals surface area contributed by atoms with Gasteiger partial charge >= 0.3 is 0 Å². The second-order valence-electron chi connectivity index (χ2n) is 2.54. The molecule has 5 heteroatoms. The second-order valence-corrected chi connectivity index (χ2v) is 2.54. The zero-order chi connectivity index (χ0) is 8.85. The van der Waals surface area contributed by atoms with Gasteiger partial charge in [0.05, 0.1) is 12.7 Å². The van der Waals surface area contributed by atoms with Crippen LogP contribution in [0, 0.1) is 0 Å². The van der Waals surface area contributed by atoms with Gasteiger partial charge in [0.15, 0.2) is 6.29 Å². The van der Waals surface area contributed by atoms with Gasteiger partial charge in [-0.3, -0.25) is 4.90 Å². The fourth-order valence-electron chi connectivity index (χ4n) is 0.771. The molecular weight excluding hydrogens is 150 g/mol. The lowest BCUT2D eigenvalue weighted by Gasteiger charge is -2.19. The predicted molar refractivity (Wildman–Crippen MR) is 38.8 cm³/mol. The molecule has 0 spiro atoms. The largest absolute Gasteiger partial charge is 0.394 e. The Kier molecular flexibility index (Phi) is 5.35. The minimum absolute atomic E-state index is 0.0665. The lowest BCUT2D eigenvalue weighted by molar-refractivity contribution is -0.0633. The standard InChI is InChI=1S/C6H15NO4/c1-7(3-6(10)11)2-5(9)4-8/h5-6,8-11H,2-4H2,1H3. The summed E-state index contributed by atoms with van der Waals surface area (Å²) in [7, 11) is 1.62. The van der Waals surface area contributed by atoms with Crippen LogP contribution in [0.1, 0.15) is 0 Å². The summed E-state index contributed by atoms with van der Waals surface area (Å²) in [6.07, 6.45) is -2.22. The minimum atomic E-state index is -1.40. The van der Waals surface area contributed by atoms with Gasteiger partial charge in [0.2, 0.25) is 0 Å². The average molecular weight is 165 g/mol. The van der Waals surface area contributed by atoms with Crippen molar-refractivity contribution in [2.45, 2.75) is 12.4 Å². The van der Waals surface area contributed by atoms with E-state index in [0.29, 0.717) is 0 Å². The lowest BCUT2D eigenvalue weighted by atomic mass is 10.3. The highest BCUT2D eigenvalue weighted by atomic mass is 16.5. The van der Waals surface area contributed by atoms with E-state index < -0.39 is 12.4 Å². The van der Waals surface area contributed by atoms with Crippen molar-refractivity contribution in [1.29, 1.82) is 0 Å². The summed E-state index contributed by atoms with van der Waals surface area (Å²) in [6, 6.07) is 0. The van der Waals surface area contributed by atoms with Gasteiger partial charge in [0, 0.05) is 13.1 Å². The highest BCUT2D eigenvalue weighted by Crippen LogP contribution is 1.89. The Bertz CT molecular complexity index is 98.6. The normalized spacial score (nSPS) is 14.5. The third kappa shape index (κ3) is 6.21. The zero-order valence-electron chi connectivity index (χ0n) is 6.51. The van der Waals surface area contributed by atoms with Gasteiger partial charge in [0.25, 0.3) is 0 Å². The molecule has 0 saturated heterocycles. The van der Waals surface area contributed by atoms with E-state index in [2.05, 4.69) is 0 Å². The zero-order valence-corrected chi connectivity index (χ0v) is 6.51. The number of rotatable bonds is 5. The van der Waals surface area contributed by atoms with E-state index in [0.717, 1.165) is 0 Å². The molecule has 68 valence electrons. The molecule has 0 heterocycles. The summed E-state index contributed by atoms with van der Waals surface area (Å²) >= 11 is 0. The molecule has 1 atom stereocenters. The Morgan fingerprint density at radius 2 is 1.73 bits per heavy atom. The van der Waals surface area contributed by atoms with Crippen LogP contribution < -0.4 is 0 Å². The fraction of sp³-hybridized carbons (Fsp3) is 1.00. The van der Waals surface area contributed by atoms with Crippen LogP contribution in [0.15, 0.2) is 0 Å². The molecule has 1 unspecified atom stereocenters. The molecule has 0 amide bonds. The van der Waals surface area contributed by atoms with E-state index in [1.54, 1.807) is 7.05 Å². The molecule has 0 rings (SSSR count). The SMILES string of the molecule is CN(CC(O)O)CC(O)CO. The molecule has 11 heavy (non-hydrogen) atoms. The van der Waals surface area contributed by atoms with Crippen LogP contribution in [0.25, 0.3) is 0 Å². The molecule has 0 aliphatic carbocycles. The van der Waals surface area contributed by atoms with Gasteiger partial charge in [-0.1, -0.05) is 0 Å². The van der Waals surface area contributed by atoms with E-state index in [1.165, 1.54) is 4.90 Å².